The van der Waals surface area contributed by atoms with Crippen molar-refractivity contribution in [1.82, 2.24) is 29.9 Å². The van der Waals surface area contributed by atoms with Crippen LogP contribution in [0.2, 0.25) is 10.6 Å². The van der Waals surface area contributed by atoms with E-state index >= 15 is 0 Å². The molecule has 0 saturated heterocycles. The molecule has 2 heterocycles. The van der Waals surface area contributed by atoms with Crippen molar-refractivity contribution in [2.75, 3.05) is 21.3 Å². The van der Waals surface area contributed by atoms with Gasteiger partial charge in [0.2, 0.25) is 34.4 Å². The van der Waals surface area contributed by atoms with Crippen molar-refractivity contribution in [1.29, 1.82) is 0 Å². The van der Waals surface area contributed by atoms with Gasteiger partial charge >= 0.3 is 0 Å². The number of hydrogen-bond acceptors (Lipinski definition) is 20. The fourth-order valence-corrected chi connectivity index (χ4v) is 8.50. The van der Waals surface area contributed by atoms with Gasteiger partial charge in [-0.1, -0.05) is 54.6 Å². The maximum atomic E-state index is 12.5. The number of hydrogen-bond donors (Lipinski definition) is 8. The molecular weight excluding hydrogens is 1000 g/mol. The standard InChI is InChI=1S/C45H32Cl2N14O8S2/c1-23-8-5-6-12-30(23)59-61-37-34(71(67,68)69)21-24-9-7-13-31(35(24)39(37)63)50-44-54-40(46)52-42(56-44)48-26-15-17-27(18-16-26)49-43-53-41(47)55-45(57-43)51-33-22-29(70(64,65)66)20-25-14-19-32(38(62)36(25)33)60-58-28-10-3-2-4-11-28/h2-22,62-63H,1H3,(H,64,65,66)(H,67,68,69)(H2,48,50,52,54,56)(H2,49,51,53,55,57). The monoisotopic (exact) mass is 1030 g/mol. The van der Waals surface area contributed by atoms with Crippen molar-refractivity contribution in [2.45, 2.75) is 16.7 Å². The van der Waals surface area contributed by atoms with E-state index in [2.05, 4.69) is 71.6 Å². The zero-order valence-corrected chi connectivity index (χ0v) is 39.2. The van der Waals surface area contributed by atoms with Crippen molar-refractivity contribution in [3.05, 3.63) is 144 Å². The van der Waals surface area contributed by atoms with Crippen LogP contribution < -0.4 is 21.3 Å². The van der Waals surface area contributed by atoms with Crippen molar-refractivity contribution < 1.29 is 36.2 Å². The Morgan fingerprint density at radius 3 is 1.65 bits per heavy atom. The average Bonchev–Trinajstić information content (AvgIpc) is 3.31. The first-order valence-corrected chi connectivity index (χ1v) is 24.1. The van der Waals surface area contributed by atoms with Gasteiger partial charge in [0.15, 0.2) is 11.5 Å². The van der Waals surface area contributed by atoms with E-state index in [0.29, 0.717) is 22.7 Å². The molecule has 0 fully saturated rings. The lowest BCUT2D eigenvalue weighted by atomic mass is 10.1. The summed E-state index contributed by atoms with van der Waals surface area (Å²) in [6.07, 6.45) is 0. The third-order valence-electron chi connectivity index (χ3n) is 10.2. The molecule has 356 valence electrons. The molecule has 0 aliphatic heterocycles. The third-order valence-corrected chi connectivity index (χ3v) is 12.2. The lowest BCUT2D eigenvalue weighted by Gasteiger charge is -2.14. The molecule has 0 amide bonds. The fourth-order valence-electron chi connectivity index (χ4n) is 6.98. The van der Waals surface area contributed by atoms with Crippen LogP contribution in [-0.4, -0.2) is 66.1 Å². The summed E-state index contributed by atoms with van der Waals surface area (Å²) in [7, 11) is -9.59. The van der Waals surface area contributed by atoms with Gasteiger partial charge in [-0.15, -0.1) is 10.2 Å². The lowest BCUT2D eigenvalue weighted by Crippen LogP contribution is -2.06. The molecule has 0 unspecified atom stereocenters. The van der Waals surface area contributed by atoms with Crippen LogP contribution >= 0.6 is 23.2 Å². The van der Waals surface area contributed by atoms with Crippen LogP contribution in [0.15, 0.2) is 158 Å². The Morgan fingerprint density at radius 1 is 0.493 bits per heavy atom. The second-order valence-corrected chi connectivity index (χ2v) is 18.5. The molecule has 8 N–H and O–H groups in total. The summed E-state index contributed by atoms with van der Waals surface area (Å²) in [5, 5.41) is 51.4. The molecule has 0 radical (unpaired) electrons. The zero-order valence-electron chi connectivity index (χ0n) is 36.1. The zero-order chi connectivity index (χ0) is 50.0. The lowest BCUT2D eigenvalue weighted by molar-refractivity contribution is 0.472. The Morgan fingerprint density at radius 2 is 1.04 bits per heavy atom. The van der Waals surface area contributed by atoms with E-state index in [1.165, 1.54) is 24.3 Å². The van der Waals surface area contributed by atoms with E-state index in [0.717, 1.165) is 17.7 Å². The number of phenolic OH excluding ortho intramolecular Hbond substituents is 2. The molecule has 0 bridgehead atoms. The maximum absolute atomic E-state index is 12.5. The van der Waals surface area contributed by atoms with E-state index in [4.69, 9.17) is 23.2 Å². The largest absolute Gasteiger partial charge is 0.505 e. The Balaban J connectivity index is 0.945. The molecule has 9 rings (SSSR count). The maximum Gasteiger partial charge on any atom is 0.296 e. The van der Waals surface area contributed by atoms with Gasteiger partial charge in [0.05, 0.1) is 27.6 Å². The predicted molar refractivity (Wildman–Crippen MR) is 266 cm³/mol. The summed E-state index contributed by atoms with van der Waals surface area (Å²) >= 11 is 12.6. The minimum atomic E-state index is -4.88. The Bertz CT molecular complexity index is 3860. The number of benzene rings is 7. The molecule has 22 nitrogen and oxygen atoms in total. The van der Waals surface area contributed by atoms with Gasteiger partial charge in [0.1, 0.15) is 16.3 Å². The molecule has 71 heavy (non-hydrogen) atoms. The van der Waals surface area contributed by atoms with E-state index in [9.17, 15) is 36.2 Å². The topological polar surface area (TPSA) is 324 Å². The molecule has 0 spiro atoms. The van der Waals surface area contributed by atoms with Crippen LogP contribution in [0.4, 0.5) is 69.3 Å². The first kappa shape index (κ1) is 47.5. The third kappa shape index (κ3) is 10.9. The summed E-state index contributed by atoms with van der Waals surface area (Å²) < 4.78 is 69.5. The van der Waals surface area contributed by atoms with Crippen molar-refractivity contribution in [3.63, 3.8) is 0 Å². The summed E-state index contributed by atoms with van der Waals surface area (Å²) in [5.41, 5.74) is 2.35. The van der Waals surface area contributed by atoms with Crippen LogP contribution in [0.3, 0.4) is 0 Å². The van der Waals surface area contributed by atoms with Crippen molar-refractivity contribution in [3.8, 4) is 11.5 Å². The van der Waals surface area contributed by atoms with E-state index in [1.54, 1.807) is 91.9 Å². The molecule has 0 aliphatic rings. The van der Waals surface area contributed by atoms with Gasteiger partial charge in [-0.05, 0) is 119 Å². The highest BCUT2D eigenvalue weighted by atomic mass is 35.5. The number of rotatable bonds is 14. The van der Waals surface area contributed by atoms with Gasteiger partial charge < -0.3 is 31.5 Å². The predicted octanol–water partition coefficient (Wildman–Crippen LogP) is 11.7. The van der Waals surface area contributed by atoms with Crippen molar-refractivity contribution in [2.24, 2.45) is 20.5 Å². The van der Waals surface area contributed by atoms with Gasteiger partial charge in [-0.3, -0.25) is 9.11 Å². The van der Waals surface area contributed by atoms with Crippen LogP contribution in [0.5, 0.6) is 11.5 Å². The number of anilines is 8. The summed E-state index contributed by atoms with van der Waals surface area (Å²) in [4.78, 5) is 24.2. The second-order valence-electron chi connectivity index (χ2n) is 15.0. The number of aromatic nitrogens is 6. The normalized spacial score (nSPS) is 12.0. The first-order valence-electron chi connectivity index (χ1n) is 20.4. The minimum absolute atomic E-state index is 0.00187. The van der Waals surface area contributed by atoms with Crippen LogP contribution in [0.25, 0.3) is 21.5 Å². The number of azo groups is 2. The van der Waals surface area contributed by atoms with Gasteiger partial charge in [-0.25, -0.2) is 0 Å². The smallest absolute Gasteiger partial charge is 0.296 e. The Kier molecular flexibility index (Phi) is 13.0. The van der Waals surface area contributed by atoms with Crippen molar-refractivity contribution >= 4 is 134 Å². The summed E-state index contributed by atoms with van der Waals surface area (Å²) in [6.45, 7) is 1.78. The highest BCUT2D eigenvalue weighted by molar-refractivity contribution is 7.86. The van der Waals surface area contributed by atoms with Crippen LogP contribution in [-0.2, 0) is 20.2 Å². The van der Waals surface area contributed by atoms with E-state index in [1.807, 2.05) is 6.07 Å². The van der Waals surface area contributed by atoms with E-state index in [-0.39, 0.29) is 78.7 Å². The highest BCUT2D eigenvalue weighted by Crippen LogP contribution is 2.45. The van der Waals surface area contributed by atoms with Crippen LogP contribution in [0, 0.1) is 6.92 Å². The first-order chi connectivity index (χ1) is 33.9. The van der Waals surface area contributed by atoms with Gasteiger partial charge in [-0.2, -0.15) is 57.0 Å². The SMILES string of the molecule is Cc1ccccc1N=Nc1c(S(=O)(=O)O)cc2cccc(Nc3nc(Cl)nc(Nc4ccc(Nc5nc(Cl)nc(Nc6cc(S(=O)(=O)O)cc7ccc(N=Nc8ccccc8)c(O)c67)n5)cc4)n3)c2c1O. The number of aryl methyl sites for hydroxylation is 1. The molecule has 0 saturated carbocycles. The van der Waals surface area contributed by atoms with E-state index < -0.39 is 41.5 Å². The fraction of sp³-hybridized carbons (Fsp3) is 0.0222. The average molecular weight is 1030 g/mol. The number of nitrogens with one attached hydrogen (secondary N) is 4. The molecule has 0 aliphatic carbocycles. The molecule has 0 atom stereocenters. The molecule has 7 aromatic carbocycles. The van der Waals surface area contributed by atoms with Gasteiger partial charge in [0.25, 0.3) is 20.2 Å². The molecule has 2 aromatic heterocycles. The Hall–Kier alpha value is -8.52. The molecule has 26 heteroatoms. The minimum Gasteiger partial charge on any atom is -0.505 e. The molecular formula is C45H32Cl2N14O8S2. The number of fused-ring (bicyclic) bond motifs is 2. The van der Waals surface area contributed by atoms with Gasteiger partial charge in [0, 0.05) is 22.1 Å². The molecule has 9 aromatic rings. The number of phenols is 2. The number of nitrogens with zero attached hydrogens (tertiary/aromatic N) is 10. The number of aromatic hydroxyl groups is 2. The Labute approximate surface area is 411 Å². The summed E-state index contributed by atoms with van der Waals surface area (Å²) in [6, 6.07) is 33.3. The summed E-state index contributed by atoms with van der Waals surface area (Å²) in [5.74, 6) is -1.24. The highest BCUT2D eigenvalue weighted by Gasteiger charge is 2.24. The quantitative estimate of drug-likeness (QED) is 0.0370. The number of halogens is 2. The second kappa shape index (κ2) is 19.5. The van der Waals surface area contributed by atoms with Crippen LogP contribution in [0.1, 0.15) is 5.56 Å².